The van der Waals surface area contributed by atoms with Crippen LogP contribution in [0.15, 0.2) is 48.5 Å². The maximum atomic E-state index is 12.0. The van der Waals surface area contributed by atoms with Crippen molar-refractivity contribution >= 4 is 11.9 Å². The molecule has 0 aliphatic rings. The van der Waals surface area contributed by atoms with Crippen molar-refractivity contribution in [1.29, 1.82) is 0 Å². The summed E-state index contributed by atoms with van der Waals surface area (Å²) >= 11 is 0. The van der Waals surface area contributed by atoms with E-state index in [9.17, 15) is 9.59 Å². The van der Waals surface area contributed by atoms with E-state index in [0.717, 1.165) is 16.9 Å². The summed E-state index contributed by atoms with van der Waals surface area (Å²) in [5, 5.41) is 2.73. The molecule has 2 aromatic rings. The summed E-state index contributed by atoms with van der Waals surface area (Å²) < 4.78 is 15.2. The molecule has 2 rings (SSSR count). The Labute approximate surface area is 153 Å². The molecule has 1 amide bonds. The zero-order chi connectivity index (χ0) is 18.8. The minimum atomic E-state index is -0.534. The zero-order valence-corrected chi connectivity index (χ0v) is 15.0. The average Bonchev–Trinajstić information content (AvgIpc) is 2.67. The molecule has 1 N–H and O–H groups in total. The molecule has 6 heteroatoms. The number of hydrogen-bond donors (Lipinski definition) is 1. The molecule has 0 unspecified atom stereocenters. The van der Waals surface area contributed by atoms with E-state index in [1.54, 1.807) is 32.4 Å². The molecule has 0 fully saturated rings. The molecular formula is C20H23NO5. The zero-order valence-electron chi connectivity index (χ0n) is 15.0. The van der Waals surface area contributed by atoms with Gasteiger partial charge in [-0.05, 0) is 41.8 Å². The Bertz CT molecular complexity index is 727. The maximum absolute atomic E-state index is 12.0. The summed E-state index contributed by atoms with van der Waals surface area (Å²) in [6, 6.07) is 14.6. The van der Waals surface area contributed by atoms with Crippen molar-refractivity contribution in [2.45, 2.75) is 13.0 Å². The lowest BCUT2D eigenvalue weighted by atomic mass is 10.1. The standard InChI is InChI=1S/C20H23NO5/c1-24-13-16-4-3-5-17(12-16)20(23)26-14-19(22)21-11-10-15-6-8-18(25-2)9-7-15/h3-9,12H,10-11,13-14H2,1-2H3,(H,21,22). The highest BCUT2D eigenvalue weighted by Crippen LogP contribution is 2.11. The van der Waals surface area contributed by atoms with E-state index in [4.69, 9.17) is 14.2 Å². The largest absolute Gasteiger partial charge is 0.497 e. The number of methoxy groups -OCH3 is 2. The normalized spacial score (nSPS) is 10.2. The van der Waals surface area contributed by atoms with Gasteiger partial charge in [-0.2, -0.15) is 0 Å². The molecule has 0 radical (unpaired) electrons. The van der Waals surface area contributed by atoms with Gasteiger partial charge < -0.3 is 19.5 Å². The van der Waals surface area contributed by atoms with Crippen LogP contribution in [-0.2, 0) is 27.3 Å². The first kappa shape index (κ1) is 19.5. The Balaban J connectivity index is 1.72. The van der Waals surface area contributed by atoms with Gasteiger partial charge in [-0.15, -0.1) is 0 Å². The molecule has 26 heavy (non-hydrogen) atoms. The third-order valence-electron chi connectivity index (χ3n) is 3.70. The summed E-state index contributed by atoms with van der Waals surface area (Å²) in [6.45, 7) is 0.564. The minimum Gasteiger partial charge on any atom is -0.497 e. The molecular weight excluding hydrogens is 334 g/mol. The van der Waals surface area contributed by atoms with Gasteiger partial charge in [0.2, 0.25) is 0 Å². The summed E-state index contributed by atoms with van der Waals surface area (Å²) in [4.78, 5) is 23.8. The Morgan fingerprint density at radius 2 is 1.77 bits per heavy atom. The van der Waals surface area contributed by atoms with Gasteiger partial charge in [0.25, 0.3) is 5.91 Å². The van der Waals surface area contributed by atoms with Crippen molar-refractivity contribution in [2.24, 2.45) is 0 Å². The van der Waals surface area contributed by atoms with Gasteiger partial charge in [0, 0.05) is 13.7 Å². The van der Waals surface area contributed by atoms with Crippen molar-refractivity contribution in [3.8, 4) is 5.75 Å². The molecule has 0 saturated heterocycles. The van der Waals surface area contributed by atoms with Gasteiger partial charge >= 0.3 is 5.97 Å². The summed E-state index contributed by atoms with van der Waals surface area (Å²) in [6.07, 6.45) is 0.683. The van der Waals surface area contributed by atoms with Crippen LogP contribution in [0.25, 0.3) is 0 Å². The van der Waals surface area contributed by atoms with Crippen molar-refractivity contribution in [3.05, 3.63) is 65.2 Å². The van der Waals surface area contributed by atoms with Crippen LogP contribution in [0.2, 0.25) is 0 Å². The van der Waals surface area contributed by atoms with E-state index in [1.807, 2.05) is 30.3 Å². The third-order valence-corrected chi connectivity index (χ3v) is 3.70. The second kappa shape index (κ2) is 10.2. The molecule has 0 saturated carbocycles. The van der Waals surface area contributed by atoms with Crippen LogP contribution < -0.4 is 10.1 Å². The van der Waals surface area contributed by atoms with Crippen LogP contribution in [-0.4, -0.2) is 39.2 Å². The van der Waals surface area contributed by atoms with Gasteiger partial charge in [0.15, 0.2) is 6.61 Å². The second-order valence-electron chi connectivity index (χ2n) is 5.66. The summed E-state index contributed by atoms with van der Waals surface area (Å²) in [5.74, 6) is -0.0765. The van der Waals surface area contributed by atoms with Gasteiger partial charge in [0.05, 0.1) is 19.3 Å². The molecule has 138 valence electrons. The Hall–Kier alpha value is -2.86. The van der Waals surface area contributed by atoms with Crippen molar-refractivity contribution in [2.75, 3.05) is 27.4 Å². The van der Waals surface area contributed by atoms with Crippen LogP contribution in [0.4, 0.5) is 0 Å². The predicted molar refractivity (Wildman–Crippen MR) is 97.1 cm³/mol. The third kappa shape index (κ3) is 6.22. The van der Waals surface area contributed by atoms with Crippen molar-refractivity contribution in [1.82, 2.24) is 5.32 Å². The van der Waals surface area contributed by atoms with Crippen LogP contribution >= 0.6 is 0 Å². The number of carbonyl (C=O) groups is 2. The SMILES string of the molecule is COCc1cccc(C(=O)OCC(=O)NCCc2ccc(OC)cc2)c1. The Morgan fingerprint density at radius 3 is 2.46 bits per heavy atom. The fourth-order valence-corrected chi connectivity index (χ4v) is 2.36. The average molecular weight is 357 g/mol. The lowest BCUT2D eigenvalue weighted by Crippen LogP contribution is -2.30. The Morgan fingerprint density at radius 1 is 1.00 bits per heavy atom. The number of benzene rings is 2. The molecule has 0 aliphatic carbocycles. The predicted octanol–water partition coefficient (Wildman–Crippen LogP) is 2.36. The van der Waals surface area contributed by atoms with E-state index >= 15 is 0 Å². The monoisotopic (exact) mass is 357 g/mol. The highest BCUT2D eigenvalue weighted by atomic mass is 16.5. The van der Waals surface area contributed by atoms with Crippen LogP contribution in [0.5, 0.6) is 5.75 Å². The second-order valence-corrected chi connectivity index (χ2v) is 5.66. The maximum Gasteiger partial charge on any atom is 0.338 e. The molecule has 2 aromatic carbocycles. The molecule has 0 aliphatic heterocycles. The van der Waals surface area contributed by atoms with E-state index in [1.165, 1.54) is 0 Å². The molecule has 6 nitrogen and oxygen atoms in total. The van der Waals surface area contributed by atoms with Crippen LogP contribution in [0.3, 0.4) is 0 Å². The fraction of sp³-hybridized carbons (Fsp3) is 0.300. The van der Waals surface area contributed by atoms with Crippen molar-refractivity contribution < 1.29 is 23.8 Å². The highest BCUT2D eigenvalue weighted by molar-refractivity contribution is 5.91. The van der Waals surface area contributed by atoms with Crippen molar-refractivity contribution in [3.63, 3.8) is 0 Å². The number of rotatable bonds is 9. The van der Waals surface area contributed by atoms with Gasteiger partial charge in [-0.25, -0.2) is 4.79 Å². The first-order valence-electron chi connectivity index (χ1n) is 8.27. The van der Waals surface area contributed by atoms with E-state index in [-0.39, 0.29) is 12.5 Å². The number of amides is 1. The smallest absolute Gasteiger partial charge is 0.338 e. The van der Waals surface area contributed by atoms with Gasteiger partial charge in [-0.1, -0.05) is 24.3 Å². The topological polar surface area (TPSA) is 73.9 Å². The molecule has 0 spiro atoms. The fourth-order valence-electron chi connectivity index (χ4n) is 2.36. The lowest BCUT2D eigenvalue weighted by Gasteiger charge is -2.08. The van der Waals surface area contributed by atoms with Gasteiger partial charge in [-0.3, -0.25) is 4.79 Å². The van der Waals surface area contributed by atoms with Crippen LogP contribution in [0, 0.1) is 0 Å². The highest BCUT2D eigenvalue weighted by Gasteiger charge is 2.10. The minimum absolute atomic E-state index is 0.310. The van der Waals surface area contributed by atoms with E-state index in [0.29, 0.717) is 25.1 Å². The van der Waals surface area contributed by atoms with Gasteiger partial charge in [0.1, 0.15) is 5.75 Å². The number of nitrogens with one attached hydrogen (secondary N) is 1. The van der Waals surface area contributed by atoms with E-state index < -0.39 is 5.97 Å². The first-order chi connectivity index (χ1) is 12.6. The number of esters is 1. The summed E-state index contributed by atoms with van der Waals surface area (Å²) in [7, 11) is 3.20. The quantitative estimate of drug-likeness (QED) is 0.698. The van der Waals surface area contributed by atoms with E-state index in [2.05, 4.69) is 5.32 Å². The van der Waals surface area contributed by atoms with Crippen LogP contribution in [0.1, 0.15) is 21.5 Å². The number of hydrogen-bond acceptors (Lipinski definition) is 5. The number of ether oxygens (including phenoxy) is 3. The lowest BCUT2D eigenvalue weighted by molar-refractivity contribution is -0.124. The molecule has 0 aromatic heterocycles. The Kier molecular flexibility index (Phi) is 7.64. The molecule has 0 bridgehead atoms. The molecule has 0 heterocycles. The molecule has 0 atom stereocenters. The number of carbonyl (C=O) groups excluding carboxylic acids is 2. The summed E-state index contributed by atoms with van der Waals surface area (Å²) in [5.41, 5.74) is 2.34. The first-order valence-corrected chi connectivity index (χ1v) is 8.27.